The summed E-state index contributed by atoms with van der Waals surface area (Å²) in [6.45, 7) is 7.56. The van der Waals surface area contributed by atoms with Gasteiger partial charge in [0, 0.05) is 25.7 Å². The van der Waals surface area contributed by atoms with E-state index in [4.69, 9.17) is 4.74 Å². The van der Waals surface area contributed by atoms with Gasteiger partial charge in [0.05, 0.1) is 7.11 Å². The maximum Gasteiger partial charge on any atom is 0.122 e. The second-order valence-corrected chi connectivity index (χ2v) is 4.90. The fourth-order valence-corrected chi connectivity index (χ4v) is 2.23. The van der Waals surface area contributed by atoms with Crippen molar-refractivity contribution in [3.8, 4) is 5.75 Å². The van der Waals surface area contributed by atoms with Crippen molar-refractivity contribution in [1.29, 1.82) is 0 Å². The lowest BCUT2D eigenvalue weighted by Gasteiger charge is -2.36. The molecule has 0 aliphatic carbocycles. The van der Waals surface area contributed by atoms with Gasteiger partial charge in [-0.3, -0.25) is 4.90 Å². The first-order valence-corrected chi connectivity index (χ1v) is 6.17. The largest absolute Gasteiger partial charge is 0.496 e. The molecular weight excluding hydrogens is 212 g/mol. The second kappa shape index (κ2) is 5.07. The molecule has 0 radical (unpaired) electrons. The molecule has 1 aromatic carbocycles. The first kappa shape index (κ1) is 12.4. The van der Waals surface area contributed by atoms with Gasteiger partial charge in [-0.2, -0.15) is 0 Å². The lowest BCUT2D eigenvalue weighted by Crippen LogP contribution is -2.55. The molecule has 2 rings (SSSR count). The third-order valence-electron chi connectivity index (χ3n) is 3.87. The van der Waals surface area contributed by atoms with E-state index < -0.39 is 0 Å². The Morgan fingerprint density at radius 1 is 1.29 bits per heavy atom. The van der Waals surface area contributed by atoms with E-state index >= 15 is 0 Å². The van der Waals surface area contributed by atoms with Gasteiger partial charge in [-0.1, -0.05) is 6.07 Å². The third-order valence-corrected chi connectivity index (χ3v) is 3.87. The monoisotopic (exact) mass is 234 g/mol. The highest BCUT2D eigenvalue weighted by Crippen LogP contribution is 2.25. The highest BCUT2D eigenvalue weighted by Gasteiger charge is 2.21. The average molecular weight is 234 g/mol. The van der Waals surface area contributed by atoms with Crippen LogP contribution >= 0.6 is 0 Å². The number of ether oxygens (including phenoxy) is 1. The molecule has 1 aliphatic rings. The second-order valence-electron chi connectivity index (χ2n) is 4.90. The minimum atomic E-state index is 0.691. The number of hydrogen-bond acceptors (Lipinski definition) is 3. The van der Waals surface area contributed by atoms with Crippen LogP contribution in [0.3, 0.4) is 0 Å². The first-order chi connectivity index (χ1) is 8.13. The quantitative estimate of drug-likeness (QED) is 0.858. The van der Waals surface area contributed by atoms with Crippen molar-refractivity contribution in [3.05, 3.63) is 28.8 Å². The Bertz CT molecular complexity index is 399. The van der Waals surface area contributed by atoms with E-state index in [0.717, 1.165) is 25.4 Å². The van der Waals surface area contributed by atoms with Crippen molar-refractivity contribution in [2.75, 3.05) is 27.2 Å². The minimum absolute atomic E-state index is 0.691. The van der Waals surface area contributed by atoms with Crippen LogP contribution in [0.1, 0.15) is 16.7 Å². The molecule has 17 heavy (non-hydrogen) atoms. The molecule has 0 amide bonds. The van der Waals surface area contributed by atoms with Crippen LogP contribution < -0.4 is 10.1 Å². The Kier molecular flexibility index (Phi) is 3.69. The first-order valence-electron chi connectivity index (χ1n) is 6.17. The summed E-state index contributed by atoms with van der Waals surface area (Å²) in [4.78, 5) is 2.42. The SMILES string of the molecule is COc1ccc(CN(C)C2CNC2)c(C)c1C. The molecular formula is C14H22N2O. The summed E-state index contributed by atoms with van der Waals surface area (Å²) >= 11 is 0. The van der Waals surface area contributed by atoms with Crippen LogP contribution in [0.4, 0.5) is 0 Å². The molecule has 3 heteroatoms. The number of likely N-dealkylation sites (N-methyl/N-ethyl adjacent to an activating group) is 1. The van der Waals surface area contributed by atoms with Crippen LogP contribution in [0.25, 0.3) is 0 Å². The third kappa shape index (κ3) is 2.45. The Hall–Kier alpha value is -1.06. The van der Waals surface area contributed by atoms with Gasteiger partial charge in [-0.25, -0.2) is 0 Å². The van der Waals surface area contributed by atoms with E-state index in [-0.39, 0.29) is 0 Å². The lowest BCUT2D eigenvalue weighted by atomic mass is 10.0. The summed E-state index contributed by atoms with van der Waals surface area (Å²) in [5.74, 6) is 0.985. The van der Waals surface area contributed by atoms with Crippen molar-refractivity contribution >= 4 is 0 Å². The van der Waals surface area contributed by atoms with Crippen molar-refractivity contribution < 1.29 is 4.74 Å². The van der Waals surface area contributed by atoms with Crippen LogP contribution in [-0.4, -0.2) is 38.2 Å². The molecule has 94 valence electrons. The van der Waals surface area contributed by atoms with E-state index in [2.05, 4.69) is 43.2 Å². The zero-order chi connectivity index (χ0) is 12.4. The van der Waals surface area contributed by atoms with Gasteiger partial charge in [0.25, 0.3) is 0 Å². The predicted molar refractivity (Wildman–Crippen MR) is 70.6 cm³/mol. The Morgan fingerprint density at radius 2 is 2.00 bits per heavy atom. The van der Waals surface area contributed by atoms with Crippen LogP contribution in [0.2, 0.25) is 0 Å². The van der Waals surface area contributed by atoms with Crippen LogP contribution in [-0.2, 0) is 6.54 Å². The van der Waals surface area contributed by atoms with Gasteiger partial charge in [0.15, 0.2) is 0 Å². The summed E-state index contributed by atoms with van der Waals surface area (Å²) < 4.78 is 5.34. The van der Waals surface area contributed by atoms with Gasteiger partial charge in [0.1, 0.15) is 5.75 Å². The predicted octanol–water partition coefficient (Wildman–Crippen LogP) is 1.72. The van der Waals surface area contributed by atoms with Crippen molar-refractivity contribution in [1.82, 2.24) is 10.2 Å². The summed E-state index contributed by atoms with van der Waals surface area (Å²) in [5.41, 5.74) is 4.01. The number of hydrogen-bond donors (Lipinski definition) is 1. The summed E-state index contributed by atoms with van der Waals surface area (Å²) in [6, 6.07) is 4.95. The van der Waals surface area contributed by atoms with E-state index in [1.165, 1.54) is 16.7 Å². The van der Waals surface area contributed by atoms with Crippen LogP contribution in [0, 0.1) is 13.8 Å². The topological polar surface area (TPSA) is 24.5 Å². The highest BCUT2D eigenvalue weighted by atomic mass is 16.5. The van der Waals surface area contributed by atoms with E-state index in [1.54, 1.807) is 7.11 Å². The van der Waals surface area contributed by atoms with Crippen molar-refractivity contribution in [2.45, 2.75) is 26.4 Å². The Labute approximate surface area is 104 Å². The summed E-state index contributed by atoms with van der Waals surface area (Å²) in [6.07, 6.45) is 0. The average Bonchev–Trinajstić information content (AvgIpc) is 2.23. The zero-order valence-electron chi connectivity index (χ0n) is 11.2. The molecule has 0 spiro atoms. The van der Waals surface area contributed by atoms with E-state index in [0.29, 0.717) is 6.04 Å². The number of methoxy groups -OCH3 is 1. The van der Waals surface area contributed by atoms with Crippen molar-refractivity contribution in [3.63, 3.8) is 0 Å². The van der Waals surface area contributed by atoms with Crippen molar-refractivity contribution in [2.24, 2.45) is 0 Å². The number of rotatable bonds is 4. The molecule has 1 fully saturated rings. The Balaban J connectivity index is 2.12. The lowest BCUT2D eigenvalue weighted by molar-refractivity contribution is 0.173. The summed E-state index contributed by atoms with van der Waals surface area (Å²) in [7, 11) is 3.93. The minimum Gasteiger partial charge on any atom is -0.496 e. The maximum absolute atomic E-state index is 5.34. The normalized spacial score (nSPS) is 16.1. The highest BCUT2D eigenvalue weighted by molar-refractivity contribution is 5.43. The Morgan fingerprint density at radius 3 is 2.53 bits per heavy atom. The molecule has 0 atom stereocenters. The van der Waals surface area contributed by atoms with Gasteiger partial charge < -0.3 is 10.1 Å². The van der Waals surface area contributed by atoms with Gasteiger partial charge in [-0.05, 0) is 43.7 Å². The molecule has 0 unspecified atom stereocenters. The molecule has 0 aromatic heterocycles. The molecule has 0 bridgehead atoms. The number of benzene rings is 1. The number of nitrogens with one attached hydrogen (secondary N) is 1. The van der Waals surface area contributed by atoms with Crippen LogP contribution in [0.15, 0.2) is 12.1 Å². The molecule has 1 heterocycles. The molecule has 1 aromatic rings. The molecule has 1 aliphatic heterocycles. The molecule has 1 saturated heterocycles. The molecule has 3 nitrogen and oxygen atoms in total. The van der Waals surface area contributed by atoms with Gasteiger partial charge in [0.2, 0.25) is 0 Å². The molecule has 1 N–H and O–H groups in total. The fraction of sp³-hybridized carbons (Fsp3) is 0.571. The van der Waals surface area contributed by atoms with Gasteiger partial charge in [-0.15, -0.1) is 0 Å². The number of nitrogens with zero attached hydrogens (tertiary/aromatic N) is 1. The van der Waals surface area contributed by atoms with Gasteiger partial charge >= 0.3 is 0 Å². The van der Waals surface area contributed by atoms with E-state index in [1.807, 2.05) is 0 Å². The zero-order valence-corrected chi connectivity index (χ0v) is 11.2. The molecule has 0 saturated carbocycles. The van der Waals surface area contributed by atoms with E-state index in [9.17, 15) is 0 Å². The van der Waals surface area contributed by atoms with Crippen LogP contribution in [0.5, 0.6) is 5.75 Å². The maximum atomic E-state index is 5.34. The summed E-state index contributed by atoms with van der Waals surface area (Å²) in [5, 5.41) is 3.31. The smallest absolute Gasteiger partial charge is 0.122 e. The standard InChI is InChI=1S/C14H22N2O/c1-10-11(2)14(17-4)6-5-12(10)9-16(3)13-7-15-8-13/h5-6,13,15H,7-9H2,1-4H3. The fourth-order valence-electron chi connectivity index (χ4n) is 2.23.